The van der Waals surface area contributed by atoms with Gasteiger partial charge < -0.3 is 4.74 Å². The average molecular weight is 298 g/mol. The normalized spacial score (nSPS) is 10.6. The lowest BCUT2D eigenvalue weighted by atomic mass is 10.0. The van der Waals surface area contributed by atoms with E-state index in [1.807, 2.05) is 13.0 Å². The molecular formula is C16H24ClNO2. The highest BCUT2D eigenvalue weighted by Gasteiger charge is 2.20. The summed E-state index contributed by atoms with van der Waals surface area (Å²) in [5.74, 6) is -0.144. The van der Waals surface area contributed by atoms with Gasteiger partial charge in [0.15, 0.2) is 0 Å². The van der Waals surface area contributed by atoms with E-state index in [-0.39, 0.29) is 18.5 Å². The molecule has 0 aromatic heterocycles. The van der Waals surface area contributed by atoms with E-state index in [0.29, 0.717) is 6.61 Å². The topological polar surface area (TPSA) is 29.5 Å². The number of alkyl halides is 1. The summed E-state index contributed by atoms with van der Waals surface area (Å²) in [4.78, 5) is 13.8. The zero-order valence-corrected chi connectivity index (χ0v) is 13.4. The minimum atomic E-state index is -0.113. The maximum Gasteiger partial charge on any atom is 0.243 e. The van der Waals surface area contributed by atoms with Crippen molar-refractivity contribution >= 4 is 23.2 Å². The summed E-state index contributed by atoms with van der Waals surface area (Å²) in [6.07, 6.45) is 2.69. The number of para-hydroxylation sites is 1. The molecule has 0 fully saturated rings. The van der Waals surface area contributed by atoms with Crippen LogP contribution in [-0.4, -0.2) is 25.1 Å². The summed E-state index contributed by atoms with van der Waals surface area (Å²) in [7, 11) is 0. The lowest BCUT2D eigenvalue weighted by Crippen LogP contribution is -2.35. The molecule has 3 nitrogen and oxygen atoms in total. The van der Waals surface area contributed by atoms with Gasteiger partial charge in [0.2, 0.25) is 5.91 Å². The first kappa shape index (κ1) is 17.0. The Morgan fingerprint density at radius 2 is 1.80 bits per heavy atom. The number of amides is 1. The number of ether oxygens (including phenoxy) is 1. The summed E-state index contributed by atoms with van der Waals surface area (Å²) in [5.41, 5.74) is 3.28. The number of hydrogen-bond acceptors (Lipinski definition) is 2. The highest BCUT2D eigenvalue weighted by atomic mass is 35.5. The smallest absolute Gasteiger partial charge is 0.243 e. The van der Waals surface area contributed by atoms with Crippen molar-refractivity contribution in [3.8, 4) is 0 Å². The summed E-state index contributed by atoms with van der Waals surface area (Å²) in [6.45, 7) is 7.14. The summed E-state index contributed by atoms with van der Waals surface area (Å²) in [6, 6.07) is 6.16. The number of halogens is 1. The van der Waals surface area contributed by atoms with E-state index in [9.17, 15) is 4.79 Å². The molecule has 0 bridgehead atoms. The van der Waals surface area contributed by atoms with Crippen molar-refractivity contribution in [3.05, 3.63) is 29.3 Å². The van der Waals surface area contributed by atoms with Crippen LogP contribution in [-0.2, 0) is 22.4 Å². The van der Waals surface area contributed by atoms with Gasteiger partial charge in [0, 0.05) is 6.61 Å². The molecule has 1 aromatic rings. The second-order valence-corrected chi connectivity index (χ2v) is 4.89. The van der Waals surface area contributed by atoms with Crippen molar-refractivity contribution in [2.24, 2.45) is 0 Å². The van der Waals surface area contributed by atoms with Gasteiger partial charge in [-0.15, -0.1) is 11.6 Å². The molecule has 0 aliphatic carbocycles. The van der Waals surface area contributed by atoms with E-state index < -0.39 is 0 Å². The number of carbonyl (C=O) groups is 1. The monoisotopic (exact) mass is 297 g/mol. The number of aryl methyl sites for hydroxylation is 2. The van der Waals surface area contributed by atoms with Crippen LogP contribution in [0.5, 0.6) is 0 Å². The van der Waals surface area contributed by atoms with Gasteiger partial charge in [-0.05, 0) is 30.4 Å². The van der Waals surface area contributed by atoms with Crippen LogP contribution in [0.25, 0.3) is 0 Å². The first-order valence-electron chi connectivity index (χ1n) is 7.24. The van der Waals surface area contributed by atoms with Gasteiger partial charge in [0.05, 0.1) is 5.69 Å². The molecule has 0 saturated carbocycles. The largest absolute Gasteiger partial charge is 0.361 e. The average Bonchev–Trinajstić information content (AvgIpc) is 2.50. The zero-order chi connectivity index (χ0) is 15.0. The molecule has 0 heterocycles. The maximum atomic E-state index is 12.2. The predicted octanol–water partition coefficient (Wildman–Crippen LogP) is 3.77. The Balaban J connectivity index is 3.14. The number of anilines is 1. The third-order valence-corrected chi connectivity index (χ3v) is 3.45. The first-order chi connectivity index (χ1) is 9.69. The SMILES string of the molecule is CCCOCN(C(=O)CCl)c1c(CC)cccc1CC. The fourth-order valence-corrected chi connectivity index (χ4v) is 2.34. The Morgan fingerprint density at radius 3 is 2.25 bits per heavy atom. The van der Waals surface area contributed by atoms with Gasteiger partial charge in [-0.1, -0.05) is 39.0 Å². The Labute approximate surface area is 126 Å². The molecule has 4 heteroatoms. The number of carbonyl (C=O) groups excluding carboxylic acids is 1. The third-order valence-electron chi connectivity index (χ3n) is 3.22. The van der Waals surface area contributed by atoms with Crippen LogP contribution in [0.4, 0.5) is 5.69 Å². The minimum Gasteiger partial charge on any atom is -0.361 e. The maximum absolute atomic E-state index is 12.2. The molecule has 0 radical (unpaired) electrons. The van der Waals surface area contributed by atoms with Gasteiger partial charge in [-0.25, -0.2) is 0 Å². The predicted molar refractivity (Wildman–Crippen MR) is 84.5 cm³/mol. The van der Waals surface area contributed by atoms with Crippen LogP contribution in [0.3, 0.4) is 0 Å². The summed E-state index contributed by atoms with van der Waals surface area (Å²) in [5, 5.41) is 0. The van der Waals surface area contributed by atoms with Crippen molar-refractivity contribution < 1.29 is 9.53 Å². The number of rotatable bonds is 8. The van der Waals surface area contributed by atoms with E-state index in [0.717, 1.165) is 36.1 Å². The summed E-state index contributed by atoms with van der Waals surface area (Å²) < 4.78 is 5.57. The Bertz CT molecular complexity index is 412. The quantitative estimate of drug-likeness (QED) is 0.415. The second-order valence-electron chi connectivity index (χ2n) is 4.62. The van der Waals surface area contributed by atoms with Crippen LogP contribution in [0.1, 0.15) is 38.3 Å². The lowest BCUT2D eigenvalue weighted by Gasteiger charge is -2.26. The van der Waals surface area contributed by atoms with Gasteiger partial charge in [0.25, 0.3) is 0 Å². The molecule has 0 aliphatic heterocycles. The Hall–Kier alpha value is -1.06. The van der Waals surface area contributed by atoms with E-state index in [1.54, 1.807) is 4.90 Å². The van der Waals surface area contributed by atoms with Gasteiger partial charge in [-0.3, -0.25) is 9.69 Å². The molecule has 112 valence electrons. The highest BCUT2D eigenvalue weighted by molar-refractivity contribution is 6.29. The van der Waals surface area contributed by atoms with Crippen molar-refractivity contribution in [3.63, 3.8) is 0 Å². The molecule has 0 spiro atoms. The molecular weight excluding hydrogens is 274 g/mol. The van der Waals surface area contributed by atoms with Crippen LogP contribution in [0.15, 0.2) is 18.2 Å². The molecule has 1 amide bonds. The van der Waals surface area contributed by atoms with Crippen molar-refractivity contribution in [2.75, 3.05) is 24.1 Å². The van der Waals surface area contributed by atoms with Crippen LogP contribution < -0.4 is 4.90 Å². The van der Waals surface area contributed by atoms with Crippen molar-refractivity contribution in [1.29, 1.82) is 0 Å². The standard InChI is InChI=1S/C16H24ClNO2/c1-4-10-20-12-18(15(19)11-17)16-13(5-2)8-7-9-14(16)6-3/h7-9H,4-6,10-12H2,1-3H3. The van der Waals surface area contributed by atoms with Gasteiger partial charge >= 0.3 is 0 Å². The van der Waals surface area contributed by atoms with Gasteiger partial charge in [0.1, 0.15) is 12.6 Å². The number of benzene rings is 1. The summed E-state index contributed by atoms with van der Waals surface area (Å²) >= 11 is 5.75. The molecule has 20 heavy (non-hydrogen) atoms. The molecule has 1 rings (SSSR count). The molecule has 1 aromatic carbocycles. The molecule has 0 saturated heterocycles. The molecule has 0 atom stereocenters. The van der Waals surface area contributed by atoms with Crippen LogP contribution in [0, 0.1) is 0 Å². The zero-order valence-electron chi connectivity index (χ0n) is 12.6. The van der Waals surface area contributed by atoms with E-state index in [4.69, 9.17) is 16.3 Å². The minimum absolute atomic E-state index is 0.0311. The van der Waals surface area contributed by atoms with Crippen LogP contribution in [0.2, 0.25) is 0 Å². The number of hydrogen-bond donors (Lipinski definition) is 0. The van der Waals surface area contributed by atoms with Crippen LogP contribution >= 0.6 is 11.6 Å². The van der Waals surface area contributed by atoms with Gasteiger partial charge in [-0.2, -0.15) is 0 Å². The van der Waals surface area contributed by atoms with E-state index in [1.165, 1.54) is 0 Å². The Morgan fingerprint density at radius 1 is 1.20 bits per heavy atom. The first-order valence-corrected chi connectivity index (χ1v) is 7.77. The van der Waals surface area contributed by atoms with E-state index >= 15 is 0 Å². The van der Waals surface area contributed by atoms with Crippen molar-refractivity contribution in [2.45, 2.75) is 40.0 Å². The van der Waals surface area contributed by atoms with E-state index in [2.05, 4.69) is 26.0 Å². The third kappa shape index (κ3) is 4.22. The fraction of sp³-hybridized carbons (Fsp3) is 0.562. The molecule has 0 N–H and O–H groups in total. The van der Waals surface area contributed by atoms with Crippen molar-refractivity contribution in [1.82, 2.24) is 0 Å². The Kier molecular flexibility index (Phi) is 7.63. The molecule has 0 aliphatic rings. The fourth-order valence-electron chi connectivity index (χ4n) is 2.20. The number of nitrogens with zero attached hydrogens (tertiary/aromatic N) is 1. The second kappa shape index (κ2) is 8.98. The lowest BCUT2D eigenvalue weighted by molar-refractivity contribution is -0.117. The highest BCUT2D eigenvalue weighted by Crippen LogP contribution is 2.27. The molecule has 0 unspecified atom stereocenters.